The first-order chi connectivity index (χ1) is 12.9. The summed E-state index contributed by atoms with van der Waals surface area (Å²) in [6.07, 6.45) is 2.86. The molecular weight excluding hydrogens is 350 g/mol. The number of anilines is 1. The number of non-ortho nitro benzene ring substituents is 1. The van der Waals surface area contributed by atoms with E-state index in [0.717, 1.165) is 0 Å². The number of nitrogens with zero attached hydrogens (tertiary/aromatic N) is 2. The van der Waals surface area contributed by atoms with Gasteiger partial charge in [0.2, 0.25) is 5.91 Å². The van der Waals surface area contributed by atoms with Gasteiger partial charge in [0.05, 0.1) is 17.0 Å². The van der Waals surface area contributed by atoms with Crippen LogP contribution in [0.25, 0.3) is 6.08 Å². The van der Waals surface area contributed by atoms with E-state index >= 15 is 0 Å². The highest BCUT2D eigenvalue weighted by Crippen LogP contribution is 2.26. The summed E-state index contributed by atoms with van der Waals surface area (Å²) in [5.74, 6) is -0.0626. The van der Waals surface area contributed by atoms with Crippen LogP contribution in [-0.4, -0.2) is 41.8 Å². The van der Waals surface area contributed by atoms with Crippen LogP contribution in [0.5, 0.6) is 5.75 Å². The lowest BCUT2D eigenvalue weighted by Gasteiger charge is -2.13. The quantitative estimate of drug-likeness (QED) is 0.509. The predicted octanol–water partition coefficient (Wildman–Crippen LogP) is 2.71. The summed E-state index contributed by atoms with van der Waals surface area (Å²) >= 11 is 0. The summed E-state index contributed by atoms with van der Waals surface area (Å²) in [5.41, 5.74) is 1.51. The summed E-state index contributed by atoms with van der Waals surface area (Å²) in [4.78, 5) is 36.2. The zero-order valence-corrected chi connectivity index (χ0v) is 14.5. The third-order valence-electron chi connectivity index (χ3n) is 4.04. The van der Waals surface area contributed by atoms with E-state index in [2.05, 4.69) is 5.32 Å². The lowest BCUT2D eigenvalue weighted by molar-refractivity contribution is -0.384. The van der Waals surface area contributed by atoms with Crippen molar-refractivity contribution in [2.24, 2.45) is 0 Å². The van der Waals surface area contributed by atoms with Crippen LogP contribution in [0.3, 0.4) is 0 Å². The molecule has 0 bridgehead atoms. The van der Waals surface area contributed by atoms with Gasteiger partial charge < -0.3 is 15.0 Å². The van der Waals surface area contributed by atoms with Crippen molar-refractivity contribution >= 4 is 29.3 Å². The van der Waals surface area contributed by atoms with Crippen molar-refractivity contribution < 1.29 is 19.2 Å². The van der Waals surface area contributed by atoms with E-state index in [1.54, 1.807) is 48.4 Å². The lowest BCUT2D eigenvalue weighted by Crippen LogP contribution is -2.27. The number of fused-ring (bicyclic) bond motifs is 1. The Morgan fingerprint density at radius 1 is 1.26 bits per heavy atom. The van der Waals surface area contributed by atoms with Crippen molar-refractivity contribution in [3.05, 3.63) is 69.8 Å². The number of ether oxygens (including phenoxy) is 1. The first kappa shape index (κ1) is 18.1. The second kappa shape index (κ2) is 7.69. The van der Waals surface area contributed by atoms with Crippen LogP contribution < -0.4 is 10.1 Å². The molecule has 1 aliphatic rings. The Kier molecular flexibility index (Phi) is 5.16. The maximum Gasteiger partial charge on any atom is 0.269 e. The molecule has 138 valence electrons. The third kappa shape index (κ3) is 4.30. The summed E-state index contributed by atoms with van der Waals surface area (Å²) in [6.45, 7) is 0.909. The van der Waals surface area contributed by atoms with E-state index in [4.69, 9.17) is 4.74 Å². The molecule has 1 N–H and O–H groups in total. The Hall–Kier alpha value is -3.68. The number of hydrogen-bond acceptors (Lipinski definition) is 5. The molecule has 0 radical (unpaired) electrons. The third-order valence-corrected chi connectivity index (χ3v) is 4.04. The minimum Gasteiger partial charge on any atom is -0.491 e. The number of carbonyl (C=O) groups is 2. The normalized spacial score (nSPS) is 13.7. The van der Waals surface area contributed by atoms with Crippen molar-refractivity contribution in [2.75, 3.05) is 25.5 Å². The van der Waals surface area contributed by atoms with Crippen LogP contribution in [-0.2, 0) is 4.79 Å². The number of carbonyl (C=O) groups excluding carboxylic acids is 2. The van der Waals surface area contributed by atoms with Crippen LogP contribution in [0.15, 0.2) is 48.5 Å². The molecule has 8 nitrogen and oxygen atoms in total. The van der Waals surface area contributed by atoms with Crippen LogP contribution in [0.1, 0.15) is 15.9 Å². The summed E-state index contributed by atoms with van der Waals surface area (Å²) in [6, 6.07) is 10.7. The summed E-state index contributed by atoms with van der Waals surface area (Å²) in [5, 5.41) is 13.3. The van der Waals surface area contributed by atoms with Gasteiger partial charge in [0.25, 0.3) is 11.6 Å². The molecular formula is C19H17N3O5. The number of nitrogens with one attached hydrogen (secondary N) is 1. The number of likely N-dealkylation sites (N-methyl/N-ethyl adjacent to an activating group) is 1. The Balaban J connectivity index is 1.70. The standard InChI is InChI=1S/C19H17N3O5/c1-21-10-11-27-17-8-5-14(12-16(17)19(21)24)20-18(23)9-4-13-2-6-15(7-3-13)22(25)26/h2-9,12H,10-11H2,1H3,(H,20,23)/b9-4+. The van der Waals surface area contributed by atoms with E-state index in [1.165, 1.54) is 18.2 Å². The molecule has 1 aliphatic heterocycles. The highest BCUT2D eigenvalue weighted by Gasteiger charge is 2.21. The van der Waals surface area contributed by atoms with Gasteiger partial charge in [-0.3, -0.25) is 19.7 Å². The van der Waals surface area contributed by atoms with Gasteiger partial charge in [-0.25, -0.2) is 0 Å². The molecule has 0 spiro atoms. The number of amides is 2. The minimum atomic E-state index is -0.485. The van der Waals surface area contributed by atoms with Crippen LogP contribution in [0.4, 0.5) is 11.4 Å². The zero-order chi connectivity index (χ0) is 19.4. The number of hydrogen-bond donors (Lipinski definition) is 1. The molecule has 0 saturated heterocycles. The summed E-state index contributed by atoms with van der Waals surface area (Å²) in [7, 11) is 1.69. The zero-order valence-electron chi connectivity index (χ0n) is 14.5. The Labute approximate surface area is 155 Å². The summed E-state index contributed by atoms with van der Waals surface area (Å²) < 4.78 is 5.54. The molecule has 0 aromatic heterocycles. The maximum atomic E-state index is 12.3. The average Bonchev–Trinajstić information content (AvgIpc) is 2.79. The number of rotatable bonds is 4. The Morgan fingerprint density at radius 2 is 2.00 bits per heavy atom. The second-order valence-corrected chi connectivity index (χ2v) is 5.96. The van der Waals surface area contributed by atoms with Crippen molar-refractivity contribution in [3.8, 4) is 5.75 Å². The van der Waals surface area contributed by atoms with Crippen LogP contribution in [0.2, 0.25) is 0 Å². The molecule has 2 aromatic carbocycles. The van der Waals surface area contributed by atoms with E-state index in [0.29, 0.717) is 35.7 Å². The maximum absolute atomic E-state index is 12.3. The first-order valence-corrected chi connectivity index (χ1v) is 8.20. The van der Waals surface area contributed by atoms with E-state index in [9.17, 15) is 19.7 Å². The predicted molar refractivity (Wildman–Crippen MR) is 99.7 cm³/mol. The van der Waals surface area contributed by atoms with Gasteiger partial charge in [0.1, 0.15) is 12.4 Å². The van der Waals surface area contributed by atoms with Gasteiger partial charge >= 0.3 is 0 Å². The van der Waals surface area contributed by atoms with Crippen molar-refractivity contribution in [3.63, 3.8) is 0 Å². The Morgan fingerprint density at radius 3 is 2.70 bits per heavy atom. The van der Waals surface area contributed by atoms with E-state index in [-0.39, 0.29) is 17.5 Å². The largest absolute Gasteiger partial charge is 0.491 e. The van der Waals surface area contributed by atoms with Gasteiger partial charge in [0.15, 0.2) is 0 Å². The molecule has 0 atom stereocenters. The fraction of sp³-hybridized carbons (Fsp3) is 0.158. The molecule has 1 heterocycles. The van der Waals surface area contributed by atoms with Gasteiger partial charge in [-0.2, -0.15) is 0 Å². The number of nitro groups is 1. The highest BCUT2D eigenvalue weighted by atomic mass is 16.6. The highest BCUT2D eigenvalue weighted by molar-refractivity contribution is 6.03. The topological polar surface area (TPSA) is 102 Å². The van der Waals surface area contributed by atoms with Crippen LogP contribution >= 0.6 is 0 Å². The van der Waals surface area contributed by atoms with Gasteiger partial charge in [-0.1, -0.05) is 0 Å². The molecule has 3 rings (SSSR count). The van der Waals surface area contributed by atoms with Gasteiger partial charge in [-0.05, 0) is 42.0 Å². The van der Waals surface area contributed by atoms with Crippen molar-refractivity contribution in [2.45, 2.75) is 0 Å². The minimum absolute atomic E-state index is 0.0153. The smallest absolute Gasteiger partial charge is 0.269 e. The first-order valence-electron chi connectivity index (χ1n) is 8.20. The molecule has 0 aliphatic carbocycles. The van der Waals surface area contributed by atoms with E-state index in [1.807, 2.05) is 0 Å². The van der Waals surface area contributed by atoms with Crippen molar-refractivity contribution in [1.82, 2.24) is 4.90 Å². The molecule has 2 amide bonds. The molecule has 27 heavy (non-hydrogen) atoms. The monoisotopic (exact) mass is 367 g/mol. The molecule has 0 unspecified atom stereocenters. The number of nitro benzene ring substituents is 1. The van der Waals surface area contributed by atoms with Gasteiger partial charge in [0, 0.05) is 30.9 Å². The van der Waals surface area contributed by atoms with Crippen LogP contribution in [0, 0.1) is 10.1 Å². The Bertz CT molecular complexity index is 921. The fourth-order valence-electron chi connectivity index (χ4n) is 2.56. The SMILES string of the molecule is CN1CCOc2ccc(NC(=O)/C=C/c3ccc([N+](=O)[O-])cc3)cc2C1=O. The lowest BCUT2D eigenvalue weighted by atomic mass is 10.1. The van der Waals surface area contributed by atoms with Crippen molar-refractivity contribution in [1.29, 1.82) is 0 Å². The average molecular weight is 367 g/mol. The van der Waals surface area contributed by atoms with E-state index < -0.39 is 4.92 Å². The molecule has 0 fully saturated rings. The van der Waals surface area contributed by atoms with Gasteiger partial charge in [-0.15, -0.1) is 0 Å². The second-order valence-electron chi connectivity index (χ2n) is 5.96. The molecule has 2 aromatic rings. The fourth-order valence-corrected chi connectivity index (χ4v) is 2.56. The molecule has 0 saturated carbocycles. The molecule has 8 heteroatoms. The number of benzene rings is 2.